The van der Waals surface area contributed by atoms with Crippen molar-refractivity contribution >= 4 is 37.2 Å². The molecule has 0 aliphatic carbocycles. The third-order valence-electron chi connectivity index (χ3n) is 11.5. The highest BCUT2D eigenvalue weighted by Crippen LogP contribution is 2.59. The Hall–Kier alpha value is -4.44. The number of nitrogens with one attached hydrogen (secondary N) is 1. The zero-order valence-corrected chi connectivity index (χ0v) is 33.7. The van der Waals surface area contributed by atoms with Gasteiger partial charge in [-0.1, -0.05) is 42.5 Å². The number of aliphatic hydroxyl groups excluding tert-OH is 2. The number of anilines is 3. The minimum absolute atomic E-state index is 0.00679. The van der Waals surface area contributed by atoms with Crippen molar-refractivity contribution < 1.29 is 34.1 Å². The Balaban J connectivity index is 1.14. The Kier molecular flexibility index (Phi) is 11.8. The van der Waals surface area contributed by atoms with Crippen LogP contribution in [0.5, 0.6) is 5.75 Å². The first-order valence-electron chi connectivity index (χ1n) is 19.8. The van der Waals surface area contributed by atoms with E-state index in [9.17, 15) is 24.6 Å². The first kappa shape index (κ1) is 39.8. The lowest BCUT2D eigenvalue weighted by molar-refractivity contribution is -0.146. The number of nitrogens with zero attached hydrogens (tertiary/aromatic N) is 5. The molecule has 0 radical (unpaired) electrons. The second kappa shape index (κ2) is 16.6. The number of hydrogen-bond acceptors (Lipinski definition) is 10. The van der Waals surface area contributed by atoms with Gasteiger partial charge in [0.15, 0.2) is 13.9 Å². The third-order valence-corrected chi connectivity index (χ3v) is 14.0. The summed E-state index contributed by atoms with van der Waals surface area (Å²) in [5, 5.41) is 30.3. The molecule has 4 N–H and O–H groups in total. The lowest BCUT2D eigenvalue weighted by Crippen LogP contribution is -2.49. The molecule has 7 rings (SSSR count). The summed E-state index contributed by atoms with van der Waals surface area (Å²) < 4.78 is 14.5. The maximum absolute atomic E-state index is 14.9. The average molecular weight is 783 g/mol. The first-order valence-corrected chi connectivity index (χ1v) is 22.9. The summed E-state index contributed by atoms with van der Waals surface area (Å²) in [5.74, 6) is 0.270. The maximum Gasteiger partial charge on any atom is 0.264 e. The monoisotopic (exact) mass is 782 g/mol. The lowest BCUT2D eigenvalue weighted by Gasteiger charge is -2.35. The van der Waals surface area contributed by atoms with Crippen molar-refractivity contribution in [2.24, 2.45) is 5.92 Å². The van der Waals surface area contributed by atoms with Crippen molar-refractivity contribution in [3.63, 3.8) is 0 Å². The van der Waals surface area contributed by atoms with Crippen molar-refractivity contribution in [2.75, 3.05) is 36.2 Å². The predicted octanol–water partition coefficient (Wildman–Crippen LogP) is 4.60. The van der Waals surface area contributed by atoms with Gasteiger partial charge < -0.3 is 34.7 Å². The van der Waals surface area contributed by atoms with E-state index in [2.05, 4.69) is 15.6 Å². The molecule has 3 aliphatic heterocycles. The third kappa shape index (κ3) is 7.53. The first-order chi connectivity index (χ1) is 27.0. The smallest absolute Gasteiger partial charge is 0.264 e. The van der Waals surface area contributed by atoms with Gasteiger partial charge in [-0.15, -0.1) is 5.10 Å². The largest absolute Gasteiger partial charge is 0.494 e. The van der Waals surface area contributed by atoms with E-state index < -0.39 is 20.0 Å². The van der Waals surface area contributed by atoms with Crippen molar-refractivity contribution in [3.05, 3.63) is 95.3 Å². The molecule has 3 aromatic carbocycles. The highest BCUT2D eigenvalue weighted by atomic mass is 28.4. The Morgan fingerprint density at radius 1 is 1.02 bits per heavy atom. The van der Waals surface area contributed by atoms with Crippen LogP contribution in [0.25, 0.3) is 0 Å². The Labute approximate surface area is 329 Å². The highest BCUT2D eigenvalue weighted by molar-refractivity contribution is 6.71. The molecule has 14 heteroatoms. The molecule has 13 nitrogen and oxygen atoms in total. The molecule has 1 unspecified atom stereocenters. The summed E-state index contributed by atoms with van der Waals surface area (Å²) >= 11 is 0. The van der Waals surface area contributed by atoms with Crippen LogP contribution in [-0.4, -0.2) is 88.6 Å². The van der Waals surface area contributed by atoms with Crippen LogP contribution in [0.4, 0.5) is 17.1 Å². The number of carbonyl (C=O) groups excluding carboxylic acids is 2. The minimum atomic E-state index is -2.84. The summed E-state index contributed by atoms with van der Waals surface area (Å²) in [7, 11) is -2.84. The van der Waals surface area contributed by atoms with Gasteiger partial charge in [-0.3, -0.25) is 19.2 Å². The number of aryl methyl sites for hydroxylation is 1. The number of ether oxygens (including phenoxy) is 2. The number of carbonyl (C=O) groups is 2. The molecule has 298 valence electrons. The molecule has 4 aromatic rings. The molecule has 4 heterocycles. The van der Waals surface area contributed by atoms with Crippen LogP contribution in [0.2, 0.25) is 18.6 Å². The van der Waals surface area contributed by atoms with E-state index in [1.807, 2.05) is 99.9 Å². The van der Waals surface area contributed by atoms with E-state index in [-0.39, 0.29) is 42.6 Å². The Morgan fingerprint density at radius 2 is 1.80 bits per heavy atom. The van der Waals surface area contributed by atoms with Gasteiger partial charge in [-0.2, -0.15) is 0 Å². The number of amides is 2. The molecular formula is C42H54N6O7Si. The predicted molar refractivity (Wildman–Crippen MR) is 215 cm³/mol. The average Bonchev–Trinajstić information content (AvgIpc) is 3.83. The molecule has 1 aromatic heterocycles. The number of benzene rings is 3. The van der Waals surface area contributed by atoms with Gasteiger partial charge in [0.05, 0.1) is 42.4 Å². The van der Waals surface area contributed by atoms with Crippen molar-refractivity contribution in [2.45, 2.75) is 95.4 Å². The summed E-state index contributed by atoms with van der Waals surface area (Å²) in [6.45, 7) is 9.89. The normalized spacial score (nSPS) is 23.3. The summed E-state index contributed by atoms with van der Waals surface area (Å²) in [5.41, 5.74) is 4.26. The van der Waals surface area contributed by atoms with Crippen LogP contribution in [0.1, 0.15) is 55.5 Å². The number of unbranched alkanes of at least 4 members (excludes halogenated alkanes) is 1. The van der Waals surface area contributed by atoms with Gasteiger partial charge >= 0.3 is 0 Å². The van der Waals surface area contributed by atoms with Gasteiger partial charge in [0.1, 0.15) is 5.75 Å². The van der Waals surface area contributed by atoms with Gasteiger partial charge in [0.2, 0.25) is 5.91 Å². The second-order valence-corrected chi connectivity index (χ2v) is 19.7. The van der Waals surface area contributed by atoms with Crippen LogP contribution in [-0.2, 0) is 45.9 Å². The fraction of sp³-hybridized carbons (Fsp3) is 0.476. The number of fused-ring (bicyclic) bond motifs is 3. The molecule has 1 fully saturated rings. The van der Waals surface area contributed by atoms with Crippen molar-refractivity contribution in [1.82, 2.24) is 20.3 Å². The maximum atomic E-state index is 14.9. The fourth-order valence-electron chi connectivity index (χ4n) is 9.05. The van der Waals surface area contributed by atoms with Crippen LogP contribution in [0.3, 0.4) is 0 Å². The van der Waals surface area contributed by atoms with E-state index in [1.165, 1.54) is 0 Å². The molecule has 1 spiro atoms. The van der Waals surface area contributed by atoms with Crippen molar-refractivity contribution in [1.29, 1.82) is 0 Å². The SMILES string of the molecule is CCOc1ccc2c(c1)CC(NCCCCO)C(=O)N2c1ccc(CN2C(=O)[C@@]3(O[C@@H](CCn4cc(CCO)nn4)[C@H]([Si](C)(C)O)[C@H]3C)c3ccccc32)cc1. The lowest BCUT2D eigenvalue weighted by atomic mass is 9.82. The van der Waals surface area contributed by atoms with E-state index in [0.717, 1.165) is 45.9 Å². The highest BCUT2D eigenvalue weighted by Gasteiger charge is 2.66. The van der Waals surface area contributed by atoms with E-state index in [0.29, 0.717) is 57.6 Å². The van der Waals surface area contributed by atoms with E-state index >= 15 is 0 Å². The van der Waals surface area contributed by atoms with Gasteiger partial charge in [0, 0.05) is 55.1 Å². The minimum Gasteiger partial charge on any atom is -0.494 e. The van der Waals surface area contributed by atoms with E-state index in [1.54, 1.807) is 14.5 Å². The number of para-hydroxylation sites is 1. The molecule has 0 bridgehead atoms. The zero-order chi connectivity index (χ0) is 39.6. The topological polar surface area (TPSA) is 163 Å². The van der Waals surface area contributed by atoms with Gasteiger partial charge in [0.25, 0.3) is 5.91 Å². The van der Waals surface area contributed by atoms with Crippen LogP contribution < -0.4 is 19.9 Å². The Bertz CT molecular complexity index is 2020. The molecular weight excluding hydrogens is 729 g/mol. The second-order valence-electron chi connectivity index (χ2n) is 15.7. The fourth-order valence-corrected chi connectivity index (χ4v) is 11.7. The van der Waals surface area contributed by atoms with Gasteiger partial charge in [-0.25, -0.2) is 0 Å². The number of rotatable bonds is 16. The quantitative estimate of drug-likeness (QED) is 0.0934. The Morgan fingerprint density at radius 3 is 2.54 bits per heavy atom. The van der Waals surface area contributed by atoms with Crippen molar-refractivity contribution in [3.8, 4) is 5.75 Å². The number of aromatic nitrogens is 3. The molecule has 0 saturated carbocycles. The molecule has 56 heavy (non-hydrogen) atoms. The van der Waals surface area contributed by atoms with Crippen LogP contribution in [0, 0.1) is 5.92 Å². The molecule has 2 amide bonds. The molecule has 3 aliphatic rings. The molecule has 1 saturated heterocycles. The van der Waals surface area contributed by atoms with Crippen LogP contribution >= 0.6 is 0 Å². The summed E-state index contributed by atoms with van der Waals surface area (Å²) in [6.07, 6.45) is 4.36. The molecule has 5 atom stereocenters. The summed E-state index contributed by atoms with van der Waals surface area (Å²) in [4.78, 5) is 44.2. The van der Waals surface area contributed by atoms with Crippen LogP contribution in [0.15, 0.2) is 72.9 Å². The number of hydrogen-bond donors (Lipinski definition) is 4. The zero-order valence-electron chi connectivity index (χ0n) is 32.7. The number of aliphatic hydroxyl groups is 2. The summed E-state index contributed by atoms with van der Waals surface area (Å²) in [6, 6.07) is 21.0. The van der Waals surface area contributed by atoms with Gasteiger partial charge in [-0.05, 0) is 99.8 Å². The standard InChI is InChI=1S/C42H54N6O7Si/c1-5-54-33-16-17-36-30(24-33)25-35(43-20-8-9-22-49)40(51)48(36)32-14-12-29(13-15-32)26-47-37-11-7-6-10-34(37)42(41(47)52)28(2)39(56(3,4)53)38(55-42)18-21-46-27-31(19-23-50)44-45-46/h6-7,10-17,24,27-28,35,38-39,43,49-50,53H,5,8-9,18-23,25-26H2,1-4H3/t28-,35?,38+,39-,42+/m1/s1. The van der Waals surface area contributed by atoms with E-state index in [4.69, 9.17) is 9.47 Å².